The van der Waals surface area contributed by atoms with Gasteiger partial charge in [0.15, 0.2) is 0 Å². The van der Waals surface area contributed by atoms with Crippen LogP contribution >= 0.6 is 11.6 Å². The molecule has 0 aromatic heterocycles. The van der Waals surface area contributed by atoms with E-state index in [1.54, 1.807) is 4.90 Å². The summed E-state index contributed by atoms with van der Waals surface area (Å²) in [5, 5.41) is 9.03. The Morgan fingerprint density at radius 3 is 2.68 bits per heavy atom. The summed E-state index contributed by atoms with van der Waals surface area (Å²) in [6, 6.07) is 3.75. The summed E-state index contributed by atoms with van der Waals surface area (Å²) in [6.45, 7) is 1.36. The molecule has 8 heteroatoms. The minimum Gasteiger partial charge on any atom is -0.491 e. The van der Waals surface area contributed by atoms with Gasteiger partial charge in [-0.05, 0) is 31.0 Å². The van der Waals surface area contributed by atoms with Crippen molar-refractivity contribution in [2.24, 2.45) is 0 Å². The maximum absolute atomic E-state index is 13.0. The van der Waals surface area contributed by atoms with Gasteiger partial charge in [-0.25, -0.2) is 4.39 Å². The van der Waals surface area contributed by atoms with Crippen molar-refractivity contribution in [3.63, 3.8) is 0 Å². The summed E-state index contributed by atoms with van der Waals surface area (Å²) >= 11 is 5.87. The van der Waals surface area contributed by atoms with Crippen molar-refractivity contribution in [3.05, 3.63) is 29.0 Å². The minimum absolute atomic E-state index is 0.0185. The van der Waals surface area contributed by atoms with Gasteiger partial charge in [0.1, 0.15) is 11.6 Å². The van der Waals surface area contributed by atoms with Crippen LogP contribution in [0.3, 0.4) is 0 Å². The first-order valence-corrected chi connectivity index (χ1v) is 8.52. The largest absolute Gasteiger partial charge is 0.491 e. The molecular formula is C17H21ClFNO5. The minimum atomic E-state index is -0.945. The molecule has 0 aliphatic carbocycles. The standard InChI is InChI=1S/C17H21ClFNO5/c18-14-11-12(19)1-2-15(14)25-10-6-16(21)20(7-3-17(22)23)13-4-8-24-9-5-13/h1-2,11,13H,3-10H2,(H,22,23). The molecule has 0 bridgehead atoms. The third-order valence-electron chi connectivity index (χ3n) is 3.99. The van der Waals surface area contributed by atoms with Gasteiger partial charge in [-0.15, -0.1) is 0 Å². The van der Waals surface area contributed by atoms with Crippen molar-refractivity contribution in [1.29, 1.82) is 0 Å². The first kappa shape index (κ1) is 19.5. The van der Waals surface area contributed by atoms with Crippen LogP contribution in [-0.4, -0.2) is 54.3 Å². The molecule has 0 radical (unpaired) electrons. The summed E-state index contributed by atoms with van der Waals surface area (Å²) in [4.78, 5) is 24.9. The van der Waals surface area contributed by atoms with Crippen LogP contribution < -0.4 is 4.74 Å². The highest BCUT2D eigenvalue weighted by atomic mass is 35.5. The van der Waals surface area contributed by atoms with Gasteiger partial charge in [0.05, 0.1) is 24.5 Å². The SMILES string of the molecule is O=C(O)CCN(C(=O)CCOc1ccc(F)cc1Cl)C1CCOCC1. The summed E-state index contributed by atoms with van der Waals surface area (Å²) in [5.41, 5.74) is 0. The van der Waals surface area contributed by atoms with E-state index in [4.69, 9.17) is 26.2 Å². The zero-order valence-corrected chi connectivity index (χ0v) is 14.5. The van der Waals surface area contributed by atoms with E-state index in [0.29, 0.717) is 31.8 Å². The van der Waals surface area contributed by atoms with Gasteiger partial charge >= 0.3 is 5.97 Å². The molecule has 1 saturated heterocycles. The average molecular weight is 374 g/mol. The van der Waals surface area contributed by atoms with Crippen molar-refractivity contribution >= 4 is 23.5 Å². The number of carbonyl (C=O) groups is 2. The summed E-state index contributed by atoms with van der Waals surface area (Å²) < 4.78 is 23.7. The molecule has 1 aromatic carbocycles. The molecule has 25 heavy (non-hydrogen) atoms. The highest BCUT2D eigenvalue weighted by Crippen LogP contribution is 2.25. The molecule has 0 unspecified atom stereocenters. The third kappa shape index (κ3) is 6.17. The second-order valence-corrected chi connectivity index (χ2v) is 6.15. The number of ether oxygens (including phenoxy) is 2. The van der Waals surface area contributed by atoms with Crippen LogP contribution in [0.4, 0.5) is 4.39 Å². The van der Waals surface area contributed by atoms with Gasteiger partial charge in [-0.3, -0.25) is 9.59 Å². The van der Waals surface area contributed by atoms with E-state index >= 15 is 0 Å². The smallest absolute Gasteiger partial charge is 0.305 e. The van der Waals surface area contributed by atoms with Crippen LogP contribution in [0.5, 0.6) is 5.75 Å². The normalized spacial score (nSPS) is 15.0. The maximum Gasteiger partial charge on any atom is 0.305 e. The van der Waals surface area contributed by atoms with Gasteiger partial charge in [0, 0.05) is 25.8 Å². The quantitative estimate of drug-likeness (QED) is 0.758. The Hall–Kier alpha value is -1.86. The highest BCUT2D eigenvalue weighted by Gasteiger charge is 2.26. The van der Waals surface area contributed by atoms with E-state index < -0.39 is 11.8 Å². The van der Waals surface area contributed by atoms with E-state index in [1.807, 2.05) is 0 Å². The van der Waals surface area contributed by atoms with Crippen LogP contribution in [0.15, 0.2) is 18.2 Å². The number of carboxylic acids is 1. The lowest BCUT2D eigenvalue weighted by molar-refractivity contribution is -0.140. The van der Waals surface area contributed by atoms with E-state index in [-0.39, 0.29) is 43.0 Å². The lowest BCUT2D eigenvalue weighted by Crippen LogP contribution is -2.44. The molecule has 1 N–H and O–H groups in total. The first-order valence-electron chi connectivity index (χ1n) is 8.14. The molecule has 1 heterocycles. The van der Waals surface area contributed by atoms with E-state index in [0.717, 1.165) is 6.07 Å². The van der Waals surface area contributed by atoms with E-state index in [2.05, 4.69) is 0 Å². The molecule has 1 amide bonds. The number of carbonyl (C=O) groups excluding carboxylic acids is 1. The number of hydrogen-bond acceptors (Lipinski definition) is 4. The molecule has 0 saturated carbocycles. The predicted molar refractivity (Wildman–Crippen MR) is 89.3 cm³/mol. The van der Waals surface area contributed by atoms with Crippen molar-refractivity contribution < 1.29 is 28.6 Å². The van der Waals surface area contributed by atoms with Gasteiger partial charge in [-0.1, -0.05) is 11.6 Å². The molecule has 1 fully saturated rings. The number of hydrogen-bond donors (Lipinski definition) is 1. The van der Waals surface area contributed by atoms with Crippen LogP contribution in [0.1, 0.15) is 25.7 Å². The summed E-state index contributed by atoms with van der Waals surface area (Å²) in [7, 11) is 0. The molecular weight excluding hydrogens is 353 g/mol. The monoisotopic (exact) mass is 373 g/mol. The Morgan fingerprint density at radius 2 is 2.04 bits per heavy atom. The Balaban J connectivity index is 1.90. The number of halogens is 2. The van der Waals surface area contributed by atoms with Crippen molar-refractivity contribution in [2.75, 3.05) is 26.4 Å². The fourth-order valence-corrected chi connectivity index (χ4v) is 2.93. The molecule has 6 nitrogen and oxygen atoms in total. The highest BCUT2D eigenvalue weighted by molar-refractivity contribution is 6.32. The third-order valence-corrected chi connectivity index (χ3v) is 4.28. The van der Waals surface area contributed by atoms with Gasteiger partial charge in [0.2, 0.25) is 5.91 Å². The predicted octanol–water partition coefficient (Wildman–Crippen LogP) is 2.73. The molecule has 0 spiro atoms. The average Bonchev–Trinajstić information content (AvgIpc) is 2.58. The van der Waals surface area contributed by atoms with Gasteiger partial charge in [-0.2, -0.15) is 0 Å². The molecule has 1 aromatic rings. The lowest BCUT2D eigenvalue weighted by Gasteiger charge is -2.34. The molecule has 1 aliphatic rings. The topological polar surface area (TPSA) is 76.1 Å². The van der Waals surface area contributed by atoms with Crippen LogP contribution in [0.25, 0.3) is 0 Å². The Labute approximate surface area is 150 Å². The van der Waals surface area contributed by atoms with Crippen LogP contribution in [0, 0.1) is 5.82 Å². The zero-order valence-electron chi connectivity index (χ0n) is 13.7. The number of benzene rings is 1. The van der Waals surface area contributed by atoms with Crippen LogP contribution in [0.2, 0.25) is 5.02 Å². The number of carboxylic acid groups (broad SMARTS) is 1. The molecule has 0 atom stereocenters. The molecule has 1 aliphatic heterocycles. The first-order chi connectivity index (χ1) is 12.0. The summed E-state index contributed by atoms with van der Waals surface area (Å²) in [5.74, 6) is -1.28. The second kappa shape index (κ2) is 9.58. The molecule has 138 valence electrons. The molecule has 2 rings (SSSR count). The zero-order chi connectivity index (χ0) is 18.2. The van der Waals surface area contributed by atoms with E-state index in [9.17, 15) is 14.0 Å². The van der Waals surface area contributed by atoms with Gasteiger partial charge < -0.3 is 19.5 Å². The van der Waals surface area contributed by atoms with Crippen molar-refractivity contribution in [1.82, 2.24) is 4.90 Å². The number of rotatable bonds is 8. The lowest BCUT2D eigenvalue weighted by atomic mass is 10.1. The summed E-state index contributed by atoms with van der Waals surface area (Å²) in [6.07, 6.45) is 1.37. The fourth-order valence-electron chi connectivity index (χ4n) is 2.71. The Kier molecular flexibility index (Phi) is 7.46. The maximum atomic E-state index is 13.0. The van der Waals surface area contributed by atoms with Crippen molar-refractivity contribution in [2.45, 2.75) is 31.7 Å². The van der Waals surface area contributed by atoms with Gasteiger partial charge in [0.25, 0.3) is 0 Å². The second-order valence-electron chi connectivity index (χ2n) is 5.75. The number of nitrogens with zero attached hydrogens (tertiary/aromatic N) is 1. The Morgan fingerprint density at radius 1 is 1.32 bits per heavy atom. The van der Waals surface area contributed by atoms with E-state index in [1.165, 1.54) is 12.1 Å². The fraction of sp³-hybridized carbons (Fsp3) is 0.529. The van der Waals surface area contributed by atoms with Crippen LogP contribution in [-0.2, 0) is 14.3 Å². The van der Waals surface area contributed by atoms with Crippen molar-refractivity contribution in [3.8, 4) is 5.75 Å². The Bertz CT molecular complexity index is 607. The number of amides is 1. The number of aliphatic carboxylic acids is 1.